The molecule has 0 saturated carbocycles. The van der Waals surface area contributed by atoms with Crippen molar-refractivity contribution in [1.29, 1.82) is 0 Å². The summed E-state index contributed by atoms with van der Waals surface area (Å²) in [5.41, 5.74) is -0.515. The molecule has 1 rings (SSSR count). The Balaban J connectivity index is 2.57. The highest BCUT2D eigenvalue weighted by molar-refractivity contribution is 5.67. The van der Waals surface area contributed by atoms with Crippen LogP contribution < -0.4 is 0 Å². The summed E-state index contributed by atoms with van der Waals surface area (Å²) in [6.07, 6.45) is -0.750. The number of hydrogen-bond acceptors (Lipinski definition) is 3. The Bertz CT molecular complexity index is 253. The van der Waals surface area contributed by atoms with Crippen LogP contribution in [-0.4, -0.2) is 47.5 Å². The molecule has 16 heavy (non-hydrogen) atoms. The van der Waals surface area contributed by atoms with Crippen molar-refractivity contribution in [2.45, 2.75) is 45.9 Å². The topological polar surface area (TPSA) is 32.8 Å². The predicted molar refractivity (Wildman–Crippen MR) is 59.7 cm³/mol. The summed E-state index contributed by atoms with van der Waals surface area (Å²) in [5.74, 6) is 0. The van der Waals surface area contributed by atoms with Crippen LogP contribution in [0.2, 0.25) is 0 Å². The van der Waals surface area contributed by atoms with E-state index in [1.165, 1.54) is 5.01 Å². The van der Waals surface area contributed by atoms with E-state index in [1.807, 2.05) is 27.7 Å². The van der Waals surface area contributed by atoms with Gasteiger partial charge in [0.25, 0.3) is 0 Å². The second kappa shape index (κ2) is 4.99. The normalized spacial score (nSPS) is 22.2. The van der Waals surface area contributed by atoms with Crippen LogP contribution in [0.15, 0.2) is 0 Å². The van der Waals surface area contributed by atoms with Gasteiger partial charge in [-0.3, -0.25) is 0 Å². The second-order valence-corrected chi connectivity index (χ2v) is 4.99. The van der Waals surface area contributed by atoms with Crippen LogP contribution in [0.1, 0.15) is 34.1 Å². The van der Waals surface area contributed by atoms with Gasteiger partial charge in [0.15, 0.2) is 0 Å². The first-order valence-corrected chi connectivity index (χ1v) is 5.73. The molecule has 0 radical (unpaired) electrons. The van der Waals surface area contributed by atoms with Gasteiger partial charge in [-0.15, -0.1) is 0 Å². The highest BCUT2D eigenvalue weighted by Crippen LogP contribution is 2.17. The standard InChI is InChI=1S/C11H21FN2O2/c1-5-14(10(15)16-11(2,3)4)13-7-6-9(12)8-13/h9H,5-8H2,1-4H3. The van der Waals surface area contributed by atoms with Gasteiger partial charge in [-0.25, -0.2) is 19.2 Å². The lowest BCUT2D eigenvalue weighted by atomic mass is 10.2. The minimum Gasteiger partial charge on any atom is -0.443 e. The number of rotatable bonds is 2. The van der Waals surface area contributed by atoms with Crippen molar-refractivity contribution in [2.75, 3.05) is 19.6 Å². The largest absolute Gasteiger partial charge is 0.443 e. The first kappa shape index (κ1) is 13.2. The molecule has 0 spiro atoms. The molecule has 1 saturated heterocycles. The lowest BCUT2D eigenvalue weighted by Crippen LogP contribution is -2.47. The number of hydrazine groups is 1. The Hall–Kier alpha value is -0.840. The molecule has 0 aromatic heterocycles. The number of halogens is 1. The maximum Gasteiger partial charge on any atom is 0.424 e. The van der Waals surface area contributed by atoms with E-state index < -0.39 is 17.9 Å². The maximum atomic E-state index is 13.1. The molecule has 1 aliphatic heterocycles. The van der Waals surface area contributed by atoms with Crippen LogP contribution >= 0.6 is 0 Å². The molecular formula is C11H21FN2O2. The highest BCUT2D eigenvalue weighted by atomic mass is 19.1. The van der Waals surface area contributed by atoms with E-state index in [4.69, 9.17) is 4.74 Å². The lowest BCUT2D eigenvalue weighted by molar-refractivity contribution is -0.0399. The molecule has 94 valence electrons. The Morgan fingerprint density at radius 1 is 1.56 bits per heavy atom. The van der Waals surface area contributed by atoms with Crippen molar-refractivity contribution in [3.8, 4) is 0 Å². The summed E-state index contributed by atoms with van der Waals surface area (Å²) < 4.78 is 18.3. The fourth-order valence-corrected chi connectivity index (χ4v) is 1.68. The first-order valence-electron chi connectivity index (χ1n) is 5.73. The minimum atomic E-state index is -0.837. The Morgan fingerprint density at radius 2 is 2.19 bits per heavy atom. The molecular weight excluding hydrogens is 211 g/mol. The van der Waals surface area contributed by atoms with Gasteiger partial charge in [-0.05, 0) is 34.1 Å². The van der Waals surface area contributed by atoms with Crippen LogP contribution in [-0.2, 0) is 4.74 Å². The third-order valence-corrected chi connectivity index (χ3v) is 2.35. The minimum absolute atomic E-state index is 0.285. The maximum absolute atomic E-state index is 13.1. The van der Waals surface area contributed by atoms with Crippen molar-refractivity contribution in [3.63, 3.8) is 0 Å². The van der Waals surface area contributed by atoms with Gasteiger partial charge in [0.1, 0.15) is 11.8 Å². The van der Waals surface area contributed by atoms with E-state index in [-0.39, 0.29) is 6.54 Å². The Morgan fingerprint density at radius 3 is 2.56 bits per heavy atom. The quantitative estimate of drug-likeness (QED) is 0.731. The number of hydrogen-bond donors (Lipinski definition) is 0. The molecule has 0 aromatic rings. The zero-order valence-corrected chi connectivity index (χ0v) is 10.5. The molecule has 1 fully saturated rings. The fraction of sp³-hybridized carbons (Fsp3) is 0.909. The molecule has 1 unspecified atom stereocenters. The van der Waals surface area contributed by atoms with Crippen LogP contribution in [0.4, 0.5) is 9.18 Å². The molecule has 0 bridgehead atoms. The predicted octanol–water partition coefficient (Wildman–Crippen LogP) is 2.20. The van der Waals surface area contributed by atoms with Crippen molar-refractivity contribution in [3.05, 3.63) is 0 Å². The molecule has 1 aliphatic rings. The average Bonchev–Trinajstić information content (AvgIpc) is 2.49. The number of nitrogens with zero attached hydrogens (tertiary/aromatic N) is 2. The Labute approximate surface area is 96.3 Å². The van der Waals surface area contributed by atoms with E-state index in [0.717, 1.165) is 0 Å². The number of ether oxygens (including phenoxy) is 1. The van der Waals surface area contributed by atoms with Crippen LogP contribution in [0.25, 0.3) is 0 Å². The van der Waals surface area contributed by atoms with E-state index in [2.05, 4.69) is 0 Å². The van der Waals surface area contributed by atoms with Crippen LogP contribution in [0, 0.1) is 0 Å². The average molecular weight is 232 g/mol. The third-order valence-electron chi connectivity index (χ3n) is 2.35. The monoisotopic (exact) mass is 232 g/mol. The summed E-state index contributed by atoms with van der Waals surface area (Å²) in [4.78, 5) is 11.8. The first-order chi connectivity index (χ1) is 7.33. The fourth-order valence-electron chi connectivity index (χ4n) is 1.68. The van der Waals surface area contributed by atoms with Gasteiger partial charge in [-0.1, -0.05) is 0 Å². The molecule has 5 heteroatoms. The zero-order valence-electron chi connectivity index (χ0n) is 10.5. The summed E-state index contributed by atoms with van der Waals surface area (Å²) in [7, 11) is 0. The van der Waals surface area contributed by atoms with Gasteiger partial charge in [0.2, 0.25) is 0 Å². The van der Waals surface area contributed by atoms with Gasteiger partial charge in [0, 0.05) is 19.6 Å². The number of amides is 1. The number of carbonyl (C=O) groups excluding carboxylic acids is 1. The smallest absolute Gasteiger partial charge is 0.424 e. The molecule has 0 aliphatic carbocycles. The van der Waals surface area contributed by atoms with Crippen LogP contribution in [0.5, 0.6) is 0 Å². The SMILES string of the molecule is CCN(C(=O)OC(C)(C)C)N1CCC(F)C1. The van der Waals surface area contributed by atoms with E-state index in [0.29, 0.717) is 19.5 Å². The number of carbonyl (C=O) groups is 1. The van der Waals surface area contributed by atoms with Gasteiger partial charge >= 0.3 is 6.09 Å². The van der Waals surface area contributed by atoms with Gasteiger partial charge in [-0.2, -0.15) is 0 Å². The molecule has 1 atom stereocenters. The molecule has 1 amide bonds. The molecule has 0 aromatic carbocycles. The molecule has 4 nitrogen and oxygen atoms in total. The van der Waals surface area contributed by atoms with E-state index in [9.17, 15) is 9.18 Å². The molecule has 0 N–H and O–H groups in total. The number of alkyl halides is 1. The third kappa shape index (κ3) is 3.63. The lowest BCUT2D eigenvalue weighted by Gasteiger charge is -2.32. The van der Waals surface area contributed by atoms with E-state index >= 15 is 0 Å². The summed E-state index contributed by atoms with van der Waals surface area (Å²) in [5, 5.41) is 3.20. The Kier molecular flexibility index (Phi) is 4.13. The highest BCUT2D eigenvalue weighted by Gasteiger charge is 2.31. The van der Waals surface area contributed by atoms with Crippen molar-refractivity contribution >= 4 is 6.09 Å². The summed E-state index contributed by atoms with van der Waals surface area (Å²) in [6, 6.07) is 0. The van der Waals surface area contributed by atoms with Crippen molar-refractivity contribution in [2.24, 2.45) is 0 Å². The van der Waals surface area contributed by atoms with Gasteiger partial charge < -0.3 is 4.74 Å². The molecule has 1 heterocycles. The van der Waals surface area contributed by atoms with Crippen molar-refractivity contribution in [1.82, 2.24) is 10.0 Å². The summed E-state index contributed by atoms with van der Waals surface area (Å²) in [6.45, 7) is 8.68. The van der Waals surface area contributed by atoms with Gasteiger partial charge in [0.05, 0.1) is 0 Å². The van der Waals surface area contributed by atoms with Crippen LogP contribution in [0.3, 0.4) is 0 Å². The van der Waals surface area contributed by atoms with Crippen molar-refractivity contribution < 1.29 is 13.9 Å². The zero-order chi connectivity index (χ0) is 12.3. The summed E-state index contributed by atoms with van der Waals surface area (Å²) >= 11 is 0. The second-order valence-electron chi connectivity index (χ2n) is 4.99. The van der Waals surface area contributed by atoms with E-state index in [1.54, 1.807) is 5.01 Å².